The summed E-state index contributed by atoms with van der Waals surface area (Å²) in [7, 11) is 0. The average Bonchev–Trinajstić information content (AvgIpc) is 2.67. The summed E-state index contributed by atoms with van der Waals surface area (Å²) in [5.74, 6) is 1.02. The number of nitrogens with one attached hydrogen (secondary N) is 1. The molecule has 6 nitrogen and oxygen atoms in total. The number of hydrogen-bond donors (Lipinski definition) is 1. The van der Waals surface area contributed by atoms with Crippen LogP contribution >= 0.6 is 0 Å². The Bertz CT molecular complexity index is 698. The molecule has 0 saturated carbocycles. The summed E-state index contributed by atoms with van der Waals surface area (Å²) in [4.78, 5) is 25.3. The molecule has 0 radical (unpaired) electrons. The van der Waals surface area contributed by atoms with Gasteiger partial charge in [-0.15, -0.1) is 0 Å². The molecule has 2 amide bonds. The lowest BCUT2D eigenvalue weighted by Gasteiger charge is -2.36. The normalized spacial score (nSPS) is 15.8. The first kappa shape index (κ1) is 17.2. The second kappa shape index (κ2) is 7.96. The van der Waals surface area contributed by atoms with Crippen molar-refractivity contribution in [3.8, 4) is 0 Å². The molecule has 6 heteroatoms. The smallest absolute Gasteiger partial charge is 0.318 e. The van der Waals surface area contributed by atoms with Crippen molar-refractivity contribution in [2.45, 2.75) is 26.3 Å². The lowest BCUT2D eigenvalue weighted by atomic mass is 10.1. The standard InChI is InChI=1S/C19H25N5O/c1-3-17(16-6-9-20-10-7-16)22-19(25)24-13-11-23(12-14-24)18-15(2)5-4-8-21-18/h4-10,17H,3,11-14H2,1-2H3,(H,22,25). The minimum absolute atomic E-state index is 0.000977. The topological polar surface area (TPSA) is 61.4 Å². The van der Waals surface area contributed by atoms with Crippen LogP contribution in [0.1, 0.15) is 30.5 Å². The third-order valence-electron chi connectivity index (χ3n) is 4.66. The van der Waals surface area contributed by atoms with Gasteiger partial charge in [0, 0.05) is 44.8 Å². The largest absolute Gasteiger partial charge is 0.353 e. The van der Waals surface area contributed by atoms with Gasteiger partial charge in [0.05, 0.1) is 6.04 Å². The number of hydrogen-bond acceptors (Lipinski definition) is 4. The van der Waals surface area contributed by atoms with Crippen molar-refractivity contribution < 1.29 is 4.79 Å². The zero-order valence-corrected chi connectivity index (χ0v) is 14.9. The van der Waals surface area contributed by atoms with Crippen LogP contribution in [0.25, 0.3) is 0 Å². The molecule has 1 aliphatic rings. The molecule has 2 aromatic rings. The van der Waals surface area contributed by atoms with Gasteiger partial charge < -0.3 is 15.1 Å². The summed E-state index contributed by atoms with van der Waals surface area (Å²) in [6, 6.07) is 7.95. The molecule has 0 bridgehead atoms. The Balaban J connectivity index is 1.57. The Morgan fingerprint density at radius 2 is 1.88 bits per heavy atom. The fourth-order valence-corrected chi connectivity index (χ4v) is 3.19. The van der Waals surface area contributed by atoms with Crippen molar-refractivity contribution in [3.63, 3.8) is 0 Å². The van der Waals surface area contributed by atoms with E-state index in [0.717, 1.165) is 30.9 Å². The number of carbonyl (C=O) groups is 1. The Hall–Kier alpha value is -2.63. The first-order chi connectivity index (χ1) is 12.2. The van der Waals surface area contributed by atoms with E-state index in [1.807, 2.05) is 29.3 Å². The summed E-state index contributed by atoms with van der Waals surface area (Å²) in [5.41, 5.74) is 2.26. The van der Waals surface area contributed by atoms with Crippen molar-refractivity contribution in [3.05, 3.63) is 54.0 Å². The summed E-state index contributed by atoms with van der Waals surface area (Å²) in [6.45, 7) is 7.16. The van der Waals surface area contributed by atoms with E-state index < -0.39 is 0 Å². The number of nitrogens with zero attached hydrogens (tertiary/aromatic N) is 4. The van der Waals surface area contributed by atoms with E-state index in [9.17, 15) is 4.79 Å². The van der Waals surface area contributed by atoms with E-state index in [4.69, 9.17) is 0 Å². The van der Waals surface area contributed by atoms with Gasteiger partial charge in [-0.1, -0.05) is 13.0 Å². The zero-order valence-electron chi connectivity index (χ0n) is 14.9. The molecule has 132 valence electrons. The number of anilines is 1. The van der Waals surface area contributed by atoms with Gasteiger partial charge in [0.25, 0.3) is 0 Å². The van der Waals surface area contributed by atoms with E-state index >= 15 is 0 Å². The Morgan fingerprint density at radius 3 is 2.52 bits per heavy atom. The van der Waals surface area contributed by atoms with Crippen molar-refractivity contribution in [2.24, 2.45) is 0 Å². The van der Waals surface area contributed by atoms with Gasteiger partial charge in [0.2, 0.25) is 0 Å². The first-order valence-electron chi connectivity index (χ1n) is 8.81. The van der Waals surface area contributed by atoms with Crippen LogP contribution in [0.5, 0.6) is 0 Å². The maximum atomic E-state index is 12.6. The van der Waals surface area contributed by atoms with Gasteiger partial charge in [0.1, 0.15) is 5.82 Å². The number of pyridine rings is 2. The predicted octanol–water partition coefficient (Wildman–Crippen LogP) is 2.77. The molecule has 1 fully saturated rings. The minimum atomic E-state index is 0.000977. The number of piperazine rings is 1. The lowest BCUT2D eigenvalue weighted by molar-refractivity contribution is 0.190. The molecule has 2 aromatic heterocycles. The number of carbonyl (C=O) groups excluding carboxylic acids is 1. The molecule has 1 unspecified atom stereocenters. The molecule has 1 atom stereocenters. The second-order valence-corrected chi connectivity index (χ2v) is 6.31. The summed E-state index contributed by atoms with van der Waals surface area (Å²) < 4.78 is 0. The number of rotatable bonds is 4. The van der Waals surface area contributed by atoms with Crippen LogP contribution in [0.15, 0.2) is 42.9 Å². The Labute approximate surface area is 148 Å². The molecule has 1 aliphatic heterocycles. The summed E-state index contributed by atoms with van der Waals surface area (Å²) in [5, 5.41) is 3.14. The van der Waals surface area contributed by atoms with Gasteiger partial charge in [-0.25, -0.2) is 9.78 Å². The van der Waals surface area contributed by atoms with Crippen LogP contribution in [0.3, 0.4) is 0 Å². The lowest BCUT2D eigenvalue weighted by Crippen LogP contribution is -2.52. The highest BCUT2D eigenvalue weighted by atomic mass is 16.2. The minimum Gasteiger partial charge on any atom is -0.353 e. The van der Waals surface area contributed by atoms with Crippen LogP contribution in [0.2, 0.25) is 0 Å². The van der Waals surface area contributed by atoms with Crippen molar-refractivity contribution in [1.29, 1.82) is 0 Å². The third-order valence-corrected chi connectivity index (χ3v) is 4.66. The zero-order chi connectivity index (χ0) is 17.6. The van der Waals surface area contributed by atoms with Crippen molar-refractivity contribution in [2.75, 3.05) is 31.1 Å². The van der Waals surface area contributed by atoms with Crippen LogP contribution in [0.4, 0.5) is 10.6 Å². The van der Waals surface area contributed by atoms with Gasteiger partial charge in [-0.05, 0) is 42.7 Å². The summed E-state index contributed by atoms with van der Waals surface area (Å²) in [6.07, 6.45) is 6.20. The number of aromatic nitrogens is 2. The molecule has 1 saturated heterocycles. The highest BCUT2D eigenvalue weighted by Crippen LogP contribution is 2.19. The second-order valence-electron chi connectivity index (χ2n) is 6.31. The molecular formula is C19H25N5O. The fourth-order valence-electron chi connectivity index (χ4n) is 3.19. The van der Waals surface area contributed by atoms with E-state index in [1.165, 1.54) is 5.56 Å². The third kappa shape index (κ3) is 4.07. The van der Waals surface area contributed by atoms with Crippen molar-refractivity contribution >= 4 is 11.8 Å². The molecule has 0 aliphatic carbocycles. The van der Waals surface area contributed by atoms with E-state index in [1.54, 1.807) is 12.4 Å². The van der Waals surface area contributed by atoms with Gasteiger partial charge in [-0.2, -0.15) is 0 Å². The van der Waals surface area contributed by atoms with Gasteiger partial charge in [-0.3, -0.25) is 4.98 Å². The number of urea groups is 1. The molecule has 3 rings (SSSR count). The van der Waals surface area contributed by atoms with Crippen molar-refractivity contribution in [1.82, 2.24) is 20.2 Å². The molecular weight excluding hydrogens is 314 g/mol. The van der Waals surface area contributed by atoms with Crippen LogP contribution in [-0.2, 0) is 0 Å². The fraction of sp³-hybridized carbons (Fsp3) is 0.421. The highest BCUT2D eigenvalue weighted by Gasteiger charge is 2.24. The SMILES string of the molecule is CCC(NC(=O)N1CCN(c2ncccc2C)CC1)c1ccncc1. The predicted molar refractivity (Wildman–Crippen MR) is 98.6 cm³/mol. The molecule has 3 heterocycles. The Morgan fingerprint density at radius 1 is 1.16 bits per heavy atom. The van der Waals surface area contributed by atoms with E-state index in [0.29, 0.717) is 13.1 Å². The number of amides is 2. The van der Waals surface area contributed by atoms with Crippen LogP contribution in [0, 0.1) is 6.92 Å². The maximum absolute atomic E-state index is 12.6. The summed E-state index contributed by atoms with van der Waals surface area (Å²) >= 11 is 0. The van der Waals surface area contributed by atoms with Gasteiger partial charge in [0.15, 0.2) is 0 Å². The van der Waals surface area contributed by atoms with Crippen LogP contribution in [-0.4, -0.2) is 47.1 Å². The molecule has 25 heavy (non-hydrogen) atoms. The van der Waals surface area contributed by atoms with E-state index in [2.05, 4.69) is 40.1 Å². The van der Waals surface area contributed by atoms with Gasteiger partial charge >= 0.3 is 6.03 Å². The quantitative estimate of drug-likeness (QED) is 0.930. The van der Waals surface area contributed by atoms with E-state index in [-0.39, 0.29) is 12.1 Å². The first-order valence-corrected chi connectivity index (χ1v) is 8.81. The molecule has 1 N–H and O–H groups in total. The highest BCUT2D eigenvalue weighted by molar-refractivity contribution is 5.75. The van der Waals surface area contributed by atoms with Crippen LogP contribution < -0.4 is 10.2 Å². The maximum Gasteiger partial charge on any atom is 0.318 e. The Kier molecular flexibility index (Phi) is 5.48. The monoisotopic (exact) mass is 339 g/mol. The number of aryl methyl sites for hydroxylation is 1. The molecule has 0 aromatic carbocycles. The average molecular weight is 339 g/mol. The molecule has 0 spiro atoms.